The van der Waals surface area contributed by atoms with Crippen molar-refractivity contribution in [1.29, 1.82) is 5.26 Å². The average molecular weight is 323 g/mol. The summed E-state index contributed by atoms with van der Waals surface area (Å²) in [6.07, 6.45) is 5.51. The van der Waals surface area contributed by atoms with E-state index in [9.17, 15) is 5.26 Å². The van der Waals surface area contributed by atoms with E-state index in [4.69, 9.17) is 11.6 Å². The highest BCUT2D eigenvalue weighted by molar-refractivity contribution is 7.99. The van der Waals surface area contributed by atoms with Crippen molar-refractivity contribution in [2.24, 2.45) is 5.92 Å². The molecule has 0 radical (unpaired) electrons. The maximum atomic E-state index is 9.63. The van der Waals surface area contributed by atoms with Crippen LogP contribution < -0.4 is 5.32 Å². The Morgan fingerprint density at radius 2 is 2.19 bits per heavy atom. The summed E-state index contributed by atoms with van der Waals surface area (Å²) in [4.78, 5) is 1.25. The number of thioether (sulfide) groups is 1. The largest absolute Gasteiger partial charge is 0.299 e. The summed E-state index contributed by atoms with van der Waals surface area (Å²) in [7, 11) is 0. The lowest BCUT2D eigenvalue weighted by Gasteiger charge is -2.30. The second-order valence-corrected chi connectivity index (χ2v) is 7.29. The zero-order chi connectivity index (χ0) is 15.1. The van der Waals surface area contributed by atoms with Crippen LogP contribution in [0.15, 0.2) is 29.2 Å². The standard InChI is InChI=1S/C17H23ClN2S/c1-2-11-20-17(13-19)10-3-4-14(17)9-12-21-16-7-5-15(18)6-8-16/h5-8,14,20H,2-4,9-12H2,1H3. The lowest BCUT2D eigenvalue weighted by Crippen LogP contribution is -2.47. The van der Waals surface area contributed by atoms with Crippen LogP contribution in [0.25, 0.3) is 0 Å². The van der Waals surface area contributed by atoms with Gasteiger partial charge in [0.1, 0.15) is 5.54 Å². The maximum absolute atomic E-state index is 9.63. The number of hydrogen-bond donors (Lipinski definition) is 1. The molecule has 0 heterocycles. The van der Waals surface area contributed by atoms with Crippen LogP contribution in [0.4, 0.5) is 0 Å². The van der Waals surface area contributed by atoms with Gasteiger partial charge in [-0.1, -0.05) is 24.9 Å². The number of nitrogens with one attached hydrogen (secondary N) is 1. The van der Waals surface area contributed by atoms with Gasteiger partial charge in [0.15, 0.2) is 0 Å². The molecule has 0 bridgehead atoms. The van der Waals surface area contributed by atoms with Gasteiger partial charge >= 0.3 is 0 Å². The van der Waals surface area contributed by atoms with Crippen molar-refractivity contribution in [2.45, 2.75) is 49.5 Å². The van der Waals surface area contributed by atoms with E-state index in [1.54, 1.807) is 0 Å². The second-order valence-electron chi connectivity index (χ2n) is 5.69. The van der Waals surface area contributed by atoms with E-state index in [-0.39, 0.29) is 5.54 Å². The van der Waals surface area contributed by atoms with Crippen LogP contribution in [-0.2, 0) is 0 Å². The van der Waals surface area contributed by atoms with Crippen molar-refractivity contribution in [1.82, 2.24) is 5.32 Å². The van der Waals surface area contributed by atoms with Gasteiger partial charge in [0, 0.05) is 9.92 Å². The molecule has 0 spiro atoms. The molecular formula is C17H23ClN2S. The number of nitrogens with zero attached hydrogens (tertiary/aromatic N) is 1. The zero-order valence-electron chi connectivity index (χ0n) is 12.6. The number of rotatable bonds is 7. The third-order valence-electron chi connectivity index (χ3n) is 4.26. The van der Waals surface area contributed by atoms with E-state index in [2.05, 4.69) is 30.4 Å². The van der Waals surface area contributed by atoms with Gasteiger partial charge in [-0.15, -0.1) is 11.8 Å². The van der Waals surface area contributed by atoms with Crippen LogP contribution in [0.3, 0.4) is 0 Å². The molecule has 2 atom stereocenters. The van der Waals surface area contributed by atoms with Gasteiger partial charge in [0.25, 0.3) is 0 Å². The molecule has 2 nitrogen and oxygen atoms in total. The smallest absolute Gasteiger partial charge is 0.109 e. The molecule has 4 heteroatoms. The van der Waals surface area contributed by atoms with Crippen LogP contribution in [0.5, 0.6) is 0 Å². The molecule has 2 unspecified atom stereocenters. The fourth-order valence-corrected chi connectivity index (χ4v) is 4.18. The van der Waals surface area contributed by atoms with E-state index in [1.165, 1.54) is 17.7 Å². The van der Waals surface area contributed by atoms with E-state index < -0.39 is 0 Å². The number of halogens is 1. The van der Waals surface area contributed by atoms with Gasteiger partial charge in [-0.05, 0) is 68.2 Å². The van der Waals surface area contributed by atoms with Gasteiger partial charge < -0.3 is 0 Å². The van der Waals surface area contributed by atoms with Crippen molar-refractivity contribution in [3.63, 3.8) is 0 Å². The quantitative estimate of drug-likeness (QED) is 0.726. The number of benzene rings is 1. The Balaban J connectivity index is 1.86. The fourth-order valence-electron chi connectivity index (χ4n) is 3.09. The van der Waals surface area contributed by atoms with Crippen molar-refractivity contribution in [3.05, 3.63) is 29.3 Å². The summed E-state index contributed by atoms with van der Waals surface area (Å²) in [5.41, 5.74) is -0.281. The minimum absolute atomic E-state index is 0.281. The Morgan fingerprint density at radius 3 is 2.86 bits per heavy atom. The Morgan fingerprint density at radius 1 is 1.43 bits per heavy atom. The van der Waals surface area contributed by atoms with Gasteiger partial charge in [-0.2, -0.15) is 5.26 Å². The second kappa shape index (κ2) is 8.08. The summed E-state index contributed by atoms with van der Waals surface area (Å²) >= 11 is 7.76. The molecule has 0 saturated heterocycles. The van der Waals surface area contributed by atoms with Crippen molar-refractivity contribution in [2.75, 3.05) is 12.3 Å². The van der Waals surface area contributed by atoms with E-state index in [1.807, 2.05) is 23.9 Å². The van der Waals surface area contributed by atoms with E-state index >= 15 is 0 Å². The molecule has 1 aromatic carbocycles. The predicted octanol–water partition coefficient (Wildman–Crippen LogP) is 4.88. The molecule has 0 amide bonds. The Kier molecular flexibility index (Phi) is 6.41. The SMILES string of the molecule is CCCNC1(C#N)CCCC1CCSc1ccc(Cl)cc1. The monoisotopic (exact) mass is 322 g/mol. The molecule has 114 valence electrons. The van der Waals surface area contributed by atoms with Crippen LogP contribution in [0.1, 0.15) is 39.0 Å². The lowest BCUT2D eigenvalue weighted by atomic mass is 9.86. The van der Waals surface area contributed by atoms with Gasteiger partial charge in [-0.3, -0.25) is 5.32 Å². The van der Waals surface area contributed by atoms with Crippen LogP contribution >= 0.6 is 23.4 Å². The highest BCUT2D eigenvalue weighted by Gasteiger charge is 2.42. The zero-order valence-corrected chi connectivity index (χ0v) is 14.1. The molecule has 2 rings (SSSR count). The molecule has 1 aromatic rings. The molecule has 1 fully saturated rings. The molecule has 1 saturated carbocycles. The normalized spacial score (nSPS) is 24.9. The van der Waals surface area contributed by atoms with Gasteiger partial charge in [0.05, 0.1) is 6.07 Å². The van der Waals surface area contributed by atoms with Crippen LogP contribution in [0, 0.1) is 17.2 Å². The minimum Gasteiger partial charge on any atom is -0.299 e. The highest BCUT2D eigenvalue weighted by Crippen LogP contribution is 2.38. The summed E-state index contributed by atoms with van der Waals surface area (Å²) in [6, 6.07) is 10.6. The van der Waals surface area contributed by atoms with Crippen molar-refractivity contribution >= 4 is 23.4 Å². The van der Waals surface area contributed by atoms with Crippen molar-refractivity contribution in [3.8, 4) is 6.07 Å². The predicted molar refractivity (Wildman–Crippen MR) is 90.8 cm³/mol. The molecule has 21 heavy (non-hydrogen) atoms. The minimum atomic E-state index is -0.281. The molecule has 1 N–H and O–H groups in total. The number of hydrogen-bond acceptors (Lipinski definition) is 3. The van der Waals surface area contributed by atoms with Crippen LogP contribution in [0.2, 0.25) is 5.02 Å². The molecule has 0 aromatic heterocycles. The first-order valence-electron chi connectivity index (χ1n) is 7.75. The maximum Gasteiger partial charge on any atom is 0.109 e. The third-order valence-corrected chi connectivity index (χ3v) is 5.56. The first kappa shape index (κ1) is 16.7. The number of nitriles is 1. The molecular weight excluding hydrogens is 300 g/mol. The van der Waals surface area contributed by atoms with E-state index in [0.29, 0.717) is 5.92 Å². The van der Waals surface area contributed by atoms with Gasteiger partial charge in [0.2, 0.25) is 0 Å². The Labute approximate surface area is 137 Å². The molecule has 1 aliphatic carbocycles. The lowest BCUT2D eigenvalue weighted by molar-refractivity contribution is 0.311. The summed E-state index contributed by atoms with van der Waals surface area (Å²) in [6.45, 7) is 3.09. The average Bonchev–Trinajstić information content (AvgIpc) is 2.91. The molecule has 0 aliphatic heterocycles. The highest BCUT2D eigenvalue weighted by atomic mass is 35.5. The third kappa shape index (κ3) is 4.39. The summed E-state index contributed by atoms with van der Waals surface area (Å²) < 4.78 is 0. The summed E-state index contributed by atoms with van der Waals surface area (Å²) in [5, 5.41) is 13.9. The first-order chi connectivity index (χ1) is 10.2. The van der Waals surface area contributed by atoms with Gasteiger partial charge in [-0.25, -0.2) is 0 Å². The Hall–Kier alpha value is -0.690. The Bertz CT molecular complexity index is 483. The first-order valence-corrected chi connectivity index (χ1v) is 9.11. The van der Waals surface area contributed by atoms with E-state index in [0.717, 1.165) is 36.6 Å². The molecule has 1 aliphatic rings. The topological polar surface area (TPSA) is 35.8 Å². The summed E-state index contributed by atoms with van der Waals surface area (Å²) in [5.74, 6) is 1.54. The van der Waals surface area contributed by atoms with Crippen molar-refractivity contribution < 1.29 is 0 Å². The van der Waals surface area contributed by atoms with Crippen LogP contribution in [-0.4, -0.2) is 17.8 Å². The fraction of sp³-hybridized carbons (Fsp3) is 0.588.